The summed E-state index contributed by atoms with van der Waals surface area (Å²) >= 11 is 0. The van der Waals surface area contributed by atoms with E-state index in [1.165, 1.54) is 17.6 Å². The van der Waals surface area contributed by atoms with E-state index in [4.69, 9.17) is 0 Å². The van der Waals surface area contributed by atoms with Gasteiger partial charge in [0.15, 0.2) is 11.5 Å². The lowest BCUT2D eigenvalue weighted by atomic mass is 10.3. The molecule has 21 heavy (non-hydrogen) atoms. The summed E-state index contributed by atoms with van der Waals surface area (Å²) in [7, 11) is 0. The fraction of sp³-hybridized carbons (Fsp3) is 0.583. The Hall–Kier alpha value is -1.90. The van der Waals surface area contributed by atoms with Crippen LogP contribution in [0.4, 0.5) is 19.0 Å². The largest absolute Gasteiger partial charge is 0.401 e. The first-order chi connectivity index (χ1) is 10.0. The van der Waals surface area contributed by atoms with Crippen molar-refractivity contribution in [2.75, 3.05) is 37.6 Å². The molecular weight excluding hydrogens is 285 g/mol. The summed E-state index contributed by atoms with van der Waals surface area (Å²) < 4.78 is 37.4. The van der Waals surface area contributed by atoms with Crippen molar-refractivity contribution in [3.8, 4) is 0 Å². The maximum atomic E-state index is 12.5. The van der Waals surface area contributed by atoms with Crippen LogP contribution in [0.2, 0.25) is 0 Å². The van der Waals surface area contributed by atoms with Gasteiger partial charge in [-0.1, -0.05) is 0 Å². The number of nitrogens with one attached hydrogen (secondary N) is 1. The molecule has 2 aromatic rings. The summed E-state index contributed by atoms with van der Waals surface area (Å²) in [4.78, 5) is 18.8. The lowest BCUT2D eigenvalue weighted by Crippen LogP contribution is -2.37. The number of hydrogen-bond donors (Lipinski definition) is 1. The van der Waals surface area contributed by atoms with E-state index >= 15 is 0 Å². The van der Waals surface area contributed by atoms with Crippen LogP contribution >= 0.6 is 0 Å². The van der Waals surface area contributed by atoms with E-state index in [2.05, 4.69) is 19.9 Å². The Morgan fingerprint density at radius 1 is 1.10 bits per heavy atom. The van der Waals surface area contributed by atoms with E-state index in [9.17, 15) is 13.2 Å². The van der Waals surface area contributed by atoms with Gasteiger partial charge in [-0.3, -0.25) is 4.90 Å². The molecule has 0 atom stereocenters. The number of imidazole rings is 1. The van der Waals surface area contributed by atoms with Gasteiger partial charge in [0.05, 0.1) is 12.9 Å². The van der Waals surface area contributed by atoms with Gasteiger partial charge in [0.2, 0.25) is 0 Å². The Labute approximate surface area is 119 Å². The minimum absolute atomic E-state index is 0.360. The zero-order valence-corrected chi connectivity index (χ0v) is 11.3. The zero-order chi connectivity index (χ0) is 14.9. The maximum absolute atomic E-state index is 12.5. The fourth-order valence-electron chi connectivity index (χ4n) is 2.59. The number of fused-ring (bicyclic) bond motifs is 1. The van der Waals surface area contributed by atoms with Crippen molar-refractivity contribution in [3.63, 3.8) is 0 Å². The number of alkyl halides is 3. The van der Waals surface area contributed by atoms with Crippen molar-refractivity contribution >= 4 is 17.0 Å². The average Bonchev–Trinajstić information content (AvgIpc) is 2.78. The van der Waals surface area contributed by atoms with Crippen LogP contribution in [0.1, 0.15) is 6.42 Å². The van der Waals surface area contributed by atoms with Crippen molar-refractivity contribution < 1.29 is 13.2 Å². The van der Waals surface area contributed by atoms with E-state index in [0.717, 1.165) is 5.52 Å². The van der Waals surface area contributed by atoms with Gasteiger partial charge in [0, 0.05) is 26.2 Å². The van der Waals surface area contributed by atoms with E-state index in [1.807, 2.05) is 4.90 Å². The van der Waals surface area contributed by atoms with Crippen LogP contribution in [-0.4, -0.2) is 63.7 Å². The van der Waals surface area contributed by atoms with Crippen LogP contribution in [0.3, 0.4) is 0 Å². The van der Waals surface area contributed by atoms with E-state index < -0.39 is 12.7 Å². The van der Waals surface area contributed by atoms with Gasteiger partial charge in [-0.05, 0) is 6.42 Å². The molecule has 0 aromatic carbocycles. The highest BCUT2D eigenvalue weighted by molar-refractivity contribution is 5.82. The van der Waals surface area contributed by atoms with E-state index in [0.29, 0.717) is 44.1 Å². The second kappa shape index (κ2) is 5.47. The molecule has 0 bridgehead atoms. The van der Waals surface area contributed by atoms with E-state index in [-0.39, 0.29) is 0 Å². The minimum atomic E-state index is -4.15. The number of halogens is 3. The maximum Gasteiger partial charge on any atom is 0.401 e. The molecule has 0 aliphatic carbocycles. The highest BCUT2D eigenvalue weighted by Gasteiger charge is 2.31. The highest BCUT2D eigenvalue weighted by atomic mass is 19.4. The molecule has 0 amide bonds. The molecule has 1 N–H and O–H groups in total. The SMILES string of the molecule is FC(F)(F)CN1CCCN(c2ncnc3nc[nH]c23)CC1. The van der Waals surface area contributed by atoms with Crippen LogP contribution in [0.15, 0.2) is 12.7 Å². The van der Waals surface area contributed by atoms with Crippen LogP contribution in [-0.2, 0) is 0 Å². The summed E-state index contributed by atoms with van der Waals surface area (Å²) in [5.74, 6) is 0.700. The quantitative estimate of drug-likeness (QED) is 0.909. The van der Waals surface area contributed by atoms with Crippen molar-refractivity contribution in [2.45, 2.75) is 12.6 Å². The molecule has 0 radical (unpaired) electrons. The number of rotatable bonds is 2. The predicted octanol–water partition coefficient (Wildman–Crippen LogP) is 1.43. The molecule has 1 aliphatic heterocycles. The smallest absolute Gasteiger partial charge is 0.353 e. The monoisotopic (exact) mass is 300 g/mol. The first-order valence-electron chi connectivity index (χ1n) is 6.71. The van der Waals surface area contributed by atoms with Crippen molar-refractivity contribution in [3.05, 3.63) is 12.7 Å². The van der Waals surface area contributed by atoms with Crippen LogP contribution in [0, 0.1) is 0 Å². The normalized spacial score (nSPS) is 18.1. The number of aromatic nitrogens is 4. The summed E-state index contributed by atoms with van der Waals surface area (Å²) in [5, 5.41) is 0. The fourth-order valence-corrected chi connectivity index (χ4v) is 2.59. The summed E-state index contributed by atoms with van der Waals surface area (Å²) in [6.07, 6.45) is -0.524. The summed E-state index contributed by atoms with van der Waals surface area (Å²) in [5.41, 5.74) is 1.29. The number of nitrogens with zero attached hydrogens (tertiary/aromatic N) is 5. The molecule has 2 aromatic heterocycles. The Kier molecular flexibility index (Phi) is 3.66. The minimum Gasteiger partial charge on any atom is -0.353 e. The van der Waals surface area contributed by atoms with Gasteiger partial charge in [-0.15, -0.1) is 0 Å². The molecule has 0 saturated carbocycles. The first-order valence-corrected chi connectivity index (χ1v) is 6.71. The molecule has 0 spiro atoms. The molecule has 3 rings (SSSR count). The lowest BCUT2D eigenvalue weighted by molar-refractivity contribution is -0.145. The van der Waals surface area contributed by atoms with Gasteiger partial charge in [-0.25, -0.2) is 15.0 Å². The van der Waals surface area contributed by atoms with Gasteiger partial charge in [0.25, 0.3) is 0 Å². The molecule has 1 aliphatic rings. The molecule has 6 nitrogen and oxygen atoms in total. The standard InChI is InChI=1S/C12H15F3N6/c13-12(14,15)6-20-2-1-3-21(5-4-20)11-9-10(17-7-16-9)18-8-19-11/h7-8H,1-6H2,(H,16,17,18,19). The third-order valence-corrected chi connectivity index (χ3v) is 3.49. The Bertz CT molecular complexity index is 610. The van der Waals surface area contributed by atoms with Gasteiger partial charge < -0.3 is 9.88 Å². The van der Waals surface area contributed by atoms with Gasteiger partial charge in [0.1, 0.15) is 11.8 Å². The number of hydrogen-bond acceptors (Lipinski definition) is 5. The number of H-pyrrole nitrogens is 1. The summed E-state index contributed by atoms with van der Waals surface area (Å²) in [6, 6.07) is 0. The second-order valence-electron chi connectivity index (χ2n) is 5.03. The average molecular weight is 300 g/mol. The van der Waals surface area contributed by atoms with Crippen molar-refractivity contribution in [1.29, 1.82) is 0 Å². The van der Waals surface area contributed by atoms with Crippen LogP contribution < -0.4 is 4.90 Å². The van der Waals surface area contributed by atoms with Gasteiger partial charge >= 0.3 is 6.18 Å². The second-order valence-corrected chi connectivity index (χ2v) is 5.03. The highest BCUT2D eigenvalue weighted by Crippen LogP contribution is 2.22. The molecule has 9 heteroatoms. The Morgan fingerprint density at radius 3 is 2.76 bits per heavy atom. The Balaban J connectivity index is 1.74. The number of aromatic amines is 1. The van der Waals surface area contributed by atoms with Crippen molar-refractivity contribution in [2.24, 2.45) is 0 Å². The molecule has 3 heterocycles. The zero-order valence-electron chi connectivity index (χ0n) is 11.3. The topological polar surface area (TPSA) is 60.9 Å². The third-order valence-electron chi connectivity index (χ3n) is 3.49. The molecular formula is C12H15F3N6. The first kappa shape index (κ1) is 14.1. The molecule has 114 valence electrons. The van der Waals surface area contributed by atoms with E-state index in [1.54, 1.807) is 0 Å². The van der Waals surface area contributed by atoms with Gasteiger partial charge in [-0.2, -0.15) is 13.2 Å². The summed E-state index contributed by atoms with van der Waals surface area (Å²) in [6.45, 7) is 1.11. The lowest BCUT2D eigenvalue weighted by Gasteiger charge is -2.23. The van der Waals surface area contributed by atoms with Crippen LogP contribution in [0.5, 0.6) is 0 Å². The van der Waals surface area contributed by atoms with Crippen molar-refractivity contribution in [1.82, 2.24) is 24.8 Å². The number of anilines is 1. The molecule has 1 fully saturated rings. The van der Waals surface area contributed by atoms with Crippen LogP contribution in [0.25, 0.3) is 11.2 Å². The molecule has 1 saturated heterocycles. The third kappa shape index (κ3) is 3.23. The Morgan fingerprint density at radius 2 is 1.95 bits per heavy atom. The molecule has 0 unspecified atom stereocenters. The predicted molar refractivity (Wildman–Crippen MR) is 71.0 cm³/mol.